The Morgan fingerprint density at radius 2 is 2.10 bits per heavy atom. The number of nitrogens with one attached hydrogen (secondary N) is 3. The Balaban J connectivity index is 1.68. The Kier molecular flexibility index (Phi) is 4.44. The SMILES string of the molecule is O=c1[nH]c(O)c(/C=c2/cnn3c(=NC4CC4)cc(Nc4ncc(Cl)cc4Cl)nc23)[nH]1. The molecule has 0 aliphatic heterocycles. The molecular weight excluding hydrogens is 431 g/mol. The quantitative estimate of drug-likeness (QED) is 0.376. The molecule has 4 N–H and O–H groups in total. The van der Waals surface area contributed by atoms with Gasteiger partial charge in [0.2, 0.25) is 5.88 Å². The number of aromatic hydroxyl groups is 1. The average Bonchev–Trinajstić information content (AvgIpc) is 3.33. The first-order chi connectivity index (χ1) is 14.5. The molecule has 0 bridgehead atoms. The molecule has 0 saturated heterocycles. The van der Waals surface area contributed by atoms with Gasteiger partial charge in [-0.05, 0) is 25.0 Å². The Morgan fingerprint density at radius 3 is 2.80 bits per heavy atom. The maximum atomic E-state index is 11.4. The summed E-state index contributed by atoms with van der Waals surface area (Å²) in [6, 6.07) is 3.59. The second-order valence-electron chi connectivity index (χ2n) is 6.79. The zero-order chi connectivity index (χ0) is 20.8. The lowest BCUT2D eigenvalue weighted by atomic mass is 10.3. The van der Waals surface area contributed by atoms with Crippen LogP contribution in [0.1, 0.15) is 18.5 Å². The van der Waals surface area contributed by atoms with Crippen molar-refractivity contribution in [2.45, 2.75) is 18.9 Å². The van der Waals surface area contributed by atoms with Crippen LogP contribution in [0.4, 0.5) is 11.6 Å². The monoisotopic (exact) mass is 444 g/mol. The van der Waals surface area contributed by atoms with Gasteiger partial charge in [-0.2, -0.15) is 9.61 Å². The summed E-state index contributed by atoms with van der Waals surface area (Å²) in [7, 11) is 0. The van der Waals surface area contributed by atoms with Gasteiger partial charge in [0.05, 0.1) is 22.3 Å². The van der Waals surface area contributed by atoms with Crippen molar-refractivity contribution < 1.29 is 5.11 Å². The molecule has 4 aromatic heterocycles. The first-order valence-electron chi connectivity index (χ1n) is 9.00. The molecule has 12 heteroatoms. The number of H-pyrrole nitrogens is 2. The summed E-state index contributed by atoms with van der Waals surface area (Å²) in [6.07, 6.45) is 6.68. The molecule has 1 saturated carbocycles. The first-order valence-corrected chi connectivity index (χ1v) is 9.75. The van der Waals surface area contributed by atoms with Gasteiger partial charge in [0.25, 0.3) is 0 Å². The first kappa shape index (κ1) is 18.6. The zero-order valence-electron chi connectivity index (χ0n) is 15.2. The Labute approximate surface area is 177 Å². The van der Waals surface area contributed by atoms with Gasteiger partial charge in [0.1, 0.15) is 17.3 Å². The van der Waals surface area contributed by atoms with E-state index in [2.05, 4.69) is 30.4 Å². The van der Waals surface area contributed by atoms with Crippen LogP contribution in [0.3, 0.4) is 0 Å². The van der Waals surface area contributed by atoms with Crippen LogP contribution < -0.4 is 21.7 Å². The van der Waals surface area contributed by atoms with E-state index in [0.717, 1.165) is 12.8 Å². The van der Waals surface area contributed by atoms with E-state index < -0.39 is 5.69 Å². The van der Waals surface area contributed by atoms with E-state index in [4.69, 9.17) is 28.2 Å². The van der Waals surface area contributed by atoms with Crippen LogP contribution in [0.2, 0.25) is 10.0 Å². The summed E-state index contributed by atoms with van der Waals surface area (Å²) in [5.74, 6) is 0.585. The molecule has 152 valence electrons. The molecule has 5 rings (SSSR count). The predicted octanol–water partition coefficient (Wildman–Crippen LogP) is 1.51. The average molecular weight is 445 g/mol. The summed E-state index contributed by atoms with van der Waals surface area (Å²) >= 11 is 12.1. The van der Waals surface area contributed by atoms with E-state index >= 15 is 0 Å². The molecule has 0 radical (unpaired) electrons. The smallest absolute Gasteiger partial charge is 0.326 e. The van der Waals surface area contributed by atoms with Crippen molar-refractivity contribution in [3.05, 3.63) is 61.5 Å². The number of aromatic amines is 2. The fraction of sp³-hybridized carbons (Fsp3) is 0.167. The van der Waals surface area contributed by atoms with Crippen molar-refractivity contribution in [3.63, 3.8) is 0 Å². The largest absolute Gasteiger partial charge is 0.493 e. The molecular formula is C18H14Cl2N8O2. The van der Waals surface area contributed by atoms with Gasteiger partial charge in [0.15, 0.2) is 11.1 Å². The Bertz CT molecular complexity index is 1450. The molecule has 0 unspecified atom stereocenters. The third-order valence-electron chi connectivity index (χ3n) is 4.43. The standard InChI is InChI=1S/C18H14Cl2N8O2/c19-9-4-11(20)15(21-7-9)25-13-5-14(23-10-1-2-10)28-16(26-13)8(6-22-28)3-12-17(29)27-18(30)24-12/h3-7,10,29H,1-2H2,(H,21,25)(H2,24,27,30)/b8-3-,23-14?. The minimum atomic E-state index is -0.515. The molecule has 1 aliphatic rings. The van der Waals surface area contributed by atoms with Crippen LogP contribution in [-0.4, -0.2) is 40.7 Å². The summed E-state index contributed by atoms with van der Waals surface area (Å²) in [6.45, 7) is 0. The Hall–Kier alpha value is -3.37. The predicted molar refractivity (Wildman–Crippen MR) is 111 cm³/mol. The maximum absolute atomic E-state index is 11.4. The van der Waals surface area contributed by atoms with Crippen molar-refractivity contribution in [1.82, 2.24) is 29.5 Å². The number of hydrogen-bond acceptors (Lipinski definition) is 7. The zero-order valence-corrected chi connectivity index (χ0v) is 16.7. The number of halogens is 2. The highest BCUT2D eigenvalue weighted by Crippen LogP contribution is 2.25. The highest BCUT2D eigenvalue weighted by Gasteiger charge is 2.20. The number of anilines is 2. The van der Waals surface area contributed by atoms with Crippen LogP contribution in [0.25, 0.3) is 11.7 Å². The number of hydrogen-bond donors (Lipinski definition) is 4. The highest BCUT2D eigenvalue weighted by molar-refractivity contribution is 6.36. The number of nitrogens with zero attached hydrogens (tertiary/aromatic N) is 5. The number of rotatable bonds is 4. The molecule has 0 spiro atoms. The van der Waals surface area contributed by atoms with Gasteiger partial charge in [0, 0.05) is 17.5 Å². The summed E-state index contributed by atoms with van der Waals surface area (Å²) < 4.78 is 1.61. The molecule has 0 atom stereocenters. The molecule has 1 fully saturated rings. The van der Waals surface area contributed by atoms with E-state index in [0.29, 0.717) is 38.0 Å². The van der Waals surface area contributed by atoms with Gasteiger partial charge >= 0.3 is 5.69 Å². The fourth-order valence-electron chi connectivity index (χ4n) is 2.89. The molecule has 30 heavy (non-hydrogen) atoms. The van der Waals surface area contributed by atoms with E-state index in [1.165, 1.54) is 6.20 Å². The number of pyridine rings is 1. The van der Waals surface area contributed by atoms with Crippen molar-refractivity contribution in [3.8, 4) is 5.88 Å². The van der Waals surface area contributed by atoms with E-state index in [1.54, 1.807) is 28.9 Å². The fourth-order valence-corrected chi connectivity index (χ4v) is 3.32. The van der Waals surface area contributed by atoms with Crippen molar-refractivity contribution in [1.29, 1.82) is 0 Å². The minimum Gasteiger partial charge on any atom is -0.493 e. The van der Waals surface area contributed by atoms with Crippen LogP contribution in [-0.2, 0) is 0 Å². The van der Waals surface area contributed by atoms with E-state index in [9.17, 15) is 9.90 Å². The molecule has 4 aromatic rings. The molecule has 1 aliphatic carbocycles. The normalized spacial score (nSPS) is 15.3. The molecule has 10 nitrogen and oxygen atoms in total. The van der Waals surface area contributed by atoms with E-state index in [-0.39, 0.29) is 17.6 Å². The third-order valence-corrected chi connectivity index (χ3v) is 4.93. The van der Waals surface area contributed by atoms with Gasteiger partial charge in [-0.25, -0.2) is 14.8 Å². The minimum absolute atomic E-state index is 0.221. The van der Waals surface area contributed by atoms with Crippen molar-refractivity contribution in [2.75, 3.05) is 5.32 Å². The topological polar surface area (TPSA) is 136 Å². The van der Waals surface area contributed by atoms with Crippen LogP contribution in [0, 0.1) is 0 Å². The summed E-state index contributed by atoms with van der Waals surface area (Å²) in [4.78, 5) is 29.7. The van der Waals surface area contributed by atoms with Crippen LogP contribution in [0.15, 0.2) is 34.3 Å². The van der Waals surface area contributed by atoms with Gasteiger partial charge in [-0.1, -0.05) is 23.2 Å². The second-order valence-corrected chi connectivity index (χ2v) is 7.63. The lowest BCUT2D eigenvalue weighted by Crippen LogP contribution is -2.20. The summed E-state index contributed by atoms with van der Waals surface area (Å²) in [5, 5.41) is 18.7. The maximum Gasteiger partial charge on any atom is 0.326 e. The van der Waals surface area contributed by atoms with Crippen molar-refractivity contribution in [2.24, 2.45) is 4.99 Å². The molecule has 4 heterocycles. The third kappa shape index (κ3) is 3.62. The number of aromatic nitrogens is 6. The highest BCUT2D eigenvalue weighted by atomic mass is 35.5. The summed E-state index contributed by atoms with van der Waals surface area (Å²) in [5.41, 5.74) is 0.795. The van der Waals surface area contributed by atoms with Gasteiger partial charge in [-0.15, -0.1) is 0 Å². The number of fused-ring (bicyclic) bond motifs is 1. The molecule has 0 aromatic carbocycles. The van der Waals surface area contributed by atoms with Gasteiger partial charge < -0.3 is 15.4 Å². The lowest BCUT2D eigenvalue weighted by Gasteiger charge is -2.07. The van der Waals surface area contributed by atoms with Gasteiger partial charge in [-0.3, -0.25) is 9.98 Å². The molecule has 0 amide bonds. The number of imidazole rings is 1. The Morgan fingerprint density at radius 1 is 1.27 bits per heavy atom. The van der Waals surface area contributed by atoms with Crippen molar-refractivity contribution >= 4 is 46.6 Å². The van der Waals surface area contributed by atoms with Crippen LogP contribution in [0.5, 0.6) is 5.88 Å². The second kappa shape index (κ2) is 7.15. The van der Waals surface area contributed by atoms with E-state index in [1.807, 2.05) is 0 Å². The lowest BCUT2D eigenvalue weighted by molar-refractivity contribution is 0.454. The van der Waals surface area contributed by atoms with Crippen LogP contribution >= 0.6 is 23.2 Å².